The fraction of sp³-hybridized carbons (Fsp3) is 0.667. The molecule has 0 radical (unpaired) electrons. The summed E-state index contributed by atoms with van der Waals surface area (Å²) in [5, 5.41) is 10.7. The molecule has 1 aromatic heterocycles. The number of carbonyl (C=O) groups excluding carboxylic acids is 1. The van der Waals surface area contributed by atoms with Crippen LogP contribution in [0.3, 0.4) is 0 Å². The first-order valence-corrected chi connectivity index (χ1v) is 6.24. The highest BCUT2D eigenvalue weighted by Gasteiger charge is 2.17. The minimum Gasteiger partial charge on any atom is -0.461 e. The van der Waals surface area contributed by atoms with E-state index in [0.29, 0.717) is 18.2 Å². The fourth-order valence-corrected chi connectivity index (χ4v) is 1.61. The van der Waals surface area contributed by atoms with Gasteiger partial charge in [-0.25, -0.2) is 9.55 Å². The van der Waals surface area contributed by atoms with Crippen LogP contribution in [0.1, 0.15) is 32.5 Å². The smallest absolute Gasteiger partial charge is 0.342 e. The van der Waals surface area contributed by atoms with Gasteiger partial charge < -0.3 is 14.9 Å². The number of nitrogens with zero attached hydrogens (tertiary/aromatic N) is 3. The van der Waals surface area contributed by atoms with Crippen molar-refractivity contribution >= 4 is 11.8 Å². The maximum absolute atomic E-state index is 11.4. The van der Waals surface area contributed by atoms with Gasteiger partial charge in [-0.05, 0) is 17.3 Å². The molecule has 7 heteroatoms. The Morgan fingerprint density at radius 1 is 1.58 bits per heavy atom. The van der Waals surface area contributed by atoms with Gasteiger partial charge in [0.15, 0.2) is 5.82 Å². The monoisotopic (exact) mass is 269 g/mol. The number of esters is 1. The lowest BCUT2D eigenvalue weighted by Gasteiger charge is -2.06. The first-order chi connectivity index (χ1) is 8.91. The minimum absolute atomic E-state index is 0.0873. The maximum atomic E-state index is 11.4. The molecule has 0 fully saturated rings. The molecule has 106 valence electrons. The van der Waals surface area contributed by atoms with Crippen LogP contribution in [0.25, 0.3) is 0 Å². The van der Waals surface area contributed by atoms with Crippen LogP contribution < -0.4 is 0 Å². The predicted molar refractivity (Wildman–Crippen MR) is 68.6 cm³/mol. The molecule has 0 saturated carbocycles. The van der Waals surface area contributed by atoms with E-state index in [9.17, 15) is 14.9 Å². The molecule has 1 rings (SSSR count). The number of hydrogen-bond donors (Lipinski definition) is 0. The molecule has 1 aromatic rings. The Hall–Kier alpha value is -1.92. The molecule has 0 aromatic carbocycles. The van der Waals surface area contributed by atoms with Gasteiger partial charge in [0.1, 0.15) is 19.3 Å². The average Bonchev–Trinajstić information content (AvgIpc) is 2.68. The predicted octanol–water partition coefficient (Wildman–Crippen LogP) is 2.08. The van der Waals surface area contributed by atoms with Gasteiger partial charge >= 0.3 is 11.8 Å². The standard InChI is InChI=1S/C12H19N3O4/c1-9(2)4-5-12(16)19-7-6-14-10(3)13-8-11(14)15(17)18/h8-9H,4-7H2,1-3H3. The van der Waals surface area contributed by atoms with Crippen LogP contribution in [0, 0.1) is 23.0 Å². The van der Waals surface area contributed by atoms with Gasteiger partial charge in [-0.15, -0.1) is 0 Å². The minimum atomic E-state index is -0.499. The van der Waals surface area contributed by atoms with Crippen LogP contribution >= 0.6 is 0 Å². The quantitative estimate of drug-likeness (QED) is 0.429. The molecule has 19 heavy (non-hydrogen) atoms. The van der Waals surface area contributed by atoms with E-state index < -0.39 is 4.92 Å². The van der Waals surface area contributed by atoms with E-state index in [2.05, 4.69) is 4.98 Å². The number of hydrogen-bond acceptors (Lipinski definition) is 5. The molecule has 7 nitrogen and oxygen atoms in total. The number of aromatic nitrogens is 2. The Labute approximate surface area is 111 Å². The Morgan fingerprint density at radius 2 is 2.26 bits per heavy atom. The Balaban J connectivity index is 2.43. The van der Waals surface area contributed by atoms with E-state index in [-0.39, 0.29) is 24.9 Å². The van der Waals surface area contributed by atoms with E-state index >= 15 is 0 Å². The van der Waals surface area contributed by atoms with Crippen molar-refractivity contribution in [3.05, 3.63) is 22.1 Å². The summed E-state index contributed by atoms with van der Waals surface area (Å²) < 4.78 is 6.47. The van der Waals surface area contributed by atoms with Crippen LogP contribution in [0.4, 0.5) is 5.82 Å². The van der Waals surface area contributed by atoms with E-state index in [0.717, 1.165) is 6.42 Å². The number of imidazole rings is 1. The molecule has 0 N–H and O–H groups in total. The first kappa shape index (κ1) is 15.1. The number of aryl methyl sites for hydroxylation is 1. The van der Waals surface area contributed by atoms with E-state index in [1.54, 1.807) is 6.92 Å². The molecule has 1 heterocycles. The van der Waals surface area contributed by atoms with Crippen molar-refractivity contribution in [2.24, 2.45) is 5.92 Å². The summed E-state index contributed by atoms with van der Waals surface area (Å²) in [6.45, 7) is 6.11. The number of rotatable bonds is 7. The van der Waals surface area contributed by atoms with Crippen molar-refractivity contribution in [1.29, 1.82) is 0 Å². The summed E-state index contributed by atoms with van der Waals surface area (Å²) in [6, 6.07) is 0. The molecule has 0 aliphatic carbocycles. The zero-order chi connectivity index (χ0) is 14.4. The second-order valence-electron chi connectivity index (χ2n) is 4.73. The van der Waals surface area contributed by atoms with Crippen molar-refractivity contribution in [2.75, 3.05) is 6.61 Å². The van der Waals surface area contributed by atoms with Gasteiger partial charge in [0.2, 0.25) is 0 Å². The molecule has 0 aliphatic heterocycles. The summed E-state index contributed by atoms with van der Waals surface area (Å²) in [6.07, 6.45) is 2.36. The molecule has 0 amide bonds. The summed E-state index contributed by atoms with van der Waals surface area (Å²) in [5.41, 5.74) is 0. The Kier molecular flexibility index (Phi) is 5.47. The lowest BCUT2D eigenvalue weighted by Crippen LogP contribution is -2.14. The fourth-order valence-electron chi connectivity index (χ4n) is 1.61. The lowest BCUT2D eigenvalue weighted by molar-refractivity contribution is -0.392. The molecule has 0 spiro atoms. The van der Waals surface area contributed by atoms with Crippen LogP contribution in [0.15, 0.2) is 6.20 Å². The molecule has 0 unspecified atom stereocenters. The van der Waals surface area contributed by atoms with Crippen LogP contribution in [0.2, 0.25) is 0 Å². The number of ether oxygens (including phenoxy) is 1. The zero-order valence-corrected chi connectivity index (χ0v) is 11.5. The molecule has 0 atom stereocenters. The van der Waals surface area contributed by atoms with Crippen molar-refractivity contribution < 1.29 is 14.5 Å². The average molecular weight is 269 g/mol. The van der Waals surface area contributed by atoms with Gasteiger partial charge in [0.25, 0.3) is 0 Å². The van der Waals surface area contributed by atoms with Crippen molar-refractivity contribution in [3.8, 4) is 0 Å². The van der Waals surface area contributed by atoms with E-state index in [4.69, 9.17) is 4.74 Å². The first-order valence-electron chi connectivity index (χ1n) is 6.24. The van der Waals surface area contributed by atoms with Crippen LogP contribution in [-0.2, 0) is 16.1 Å². The molecule has 0 saturated heterocycles. The van der Waals surface area contributed by atoms with Gasteiger partial charge in [-0.3, -0.25) is 4.79 Å². The summed E-state index contributed by atoms with van der Waals surface area (Å²) >= 11 is 0. The highest BCUT2D eigenvalue weighted by molar-refractivity contribution is 5.69. The normalized spacial score (nSPS) is 10.7. The van der Waals surface area contributed by atoms with E-state index in [1.807, 2.05) is 13.8 Å². The van der Waals surface area contributed by atoms with Crippen molar-refractivity contribution in [2.45, 2.75) is 40.2 Å². The molecular formula is C12H19N3O4. The second kappa shape index (κ2) is 6.86. The maximum Gasteiger partial charge on any atom is 0.342 e. The summed E-state index contributed by atoms with van der Waals surface area (Å²) in [4.78, 5) is 25.5. The lowest BCUT2D eigenvalue weighted by atomic mass is 10.1. The van der Waals surface area contributed by atoms with Crippen molar-refractivity contribution in [3.63, 3.8) is 0 Å². The number of nitro groups is 1. The highest BCUT2D eigenvalue weighted by atomic mass is 16.6. The molecule has 0 aliphatic rings. The van der Waals surface area contributed by atoms with E-state index in [1.165, 1.54) is 10.8 Å². The largest absolute Gasteiger partial charge is 0.461 e. The highest BCUT2D eigenvalue weighted by Crippen LogP contribution is 2.13. The van der Waals surface area contributed by atoms with Crippen molar-refractivity contribution in [1.82, 2.24) is 9.55 Å². The summed E-state index contributed by atoms with van der Waals surface area (Å²) in [7, 11) is 0. The molecule has 0 bridgehead atoms. The van der Waals surface area contributed by atoms with Gasteiger partial charge in [0, 0.05) is 13.3 Å². The van der Waals surface area contributed by atoms with Gasteiger partial charge in [-0.2, -0.15) is 0 Å². The van der Waals surface area contributed by atoms with Crippen LogP contribution in [-0.4, -0.2) is 27.1 Å². The second-order valence-corrected chi connectivity index (χ2v) is 4.73. The van der Waals surface area contributed by atoms with Gasteiger partial charge in [-0.1, -0.05) is 13.8 Å². The summed E-state index contributed by atoms with van der Waals surface area (Å²) in [5.74, 6) is 0.624. The Bertz CT molecular complexity index is 454. The third-order valence-electron chi connectivity index (χ3n) is 2.72. The van der Waals surface area contributed by atoms with Crippen LogP contribution in [0.5, 0.6) is 0 Å². The zero-order valence-electron chi connectivity index (χ0n) is 11.5. The molecular weight excluding hydrogens is 250 g/mol. The topological polar surface area (TPSA) is 87.3 Å². The third-order valence-corrected chi connectivity index (χ3v) is 2.72. The van der Waals surface area contributed by atoms with Gasteiger partial charge in [0.05, 0.1) is 0 Å². The Morgan fingerprint density at radius 3 is 2.84 bits per heavy atom. The third kappa shape index (κ3) is 4.69. The SMILES string of the molecule is Cc1ncc([N+](=O)[O-])n1CCOC(=O)CCC(C)C. The number of carbonyl (C=O) groups is 1.